The minimum atomic E-state index is -0.902. The number of rotatable bonds is 6. The van der Waals surface area contributed by atoms with Gasteiger partial charge in [0.05, 0.1) is 11.8 Å². The van der Waals surface area contributed by atoms with Crippen LogP contribution in [0.5, 0.6) is 5.75 Å². The topological polar surface area (TPSA) is 88.5 Å². The van der Waals surface area contributed by atoms with Gasteiger partial charge >= 0.3 is 5.97 Å². The zero-order valence-electron chi connectivity index (χ0n) is 14.6. The SMILES string of the molecule is O=C(Nc1cccc(OCc2cccnc2)c1)[C@@H]1[C@H](C(=O)O)[C@H]2C=C[C@H]1C2. The summed E-state index contributed by atoms with van der Waals surface area (Å²) in [4.78, 5) is 28.4. The molecule has 6 heteroatoms. The molecule has 0 radical (unpaired) electrons. The van der Waals surface area contributed by atoms with E-state index in [2.05, 4.69) is 10.3 Å². The van der Waals surface area contributed by atoms with Gasteiger partial charge in [0, 0.05) is 29.7 Å². The largest absolute Gasteiger partial charge is 0.489 e. The van der Waals surface area contributed by atoms with Crippen molar-refractivity contribution in [3.63, 3.8) is 0 Å². The molecule has 6 nitrogen and oxygen atoms in total. The average molecular weight is 364 g/mol. The summed E-state index contributed by atoms with van der Waals surface area (Å²) >= 11 is 0. The van der Waals surface area contributed by atoms with E-state index < -0.39 is 17.8 Å². The number of nitrogens with zero attached hydrogens (tertiary/aromatic N) is 1. The molecule has 4 atom stereocenters. The van der Waals surface area contributed by atoms with Crippen LogP contribution in [0.1, 0.15) is 12.0 Å². The van der Waals surface area contributed by atoms with Crippen LogP contribution in [0, 0.1) is 23.7 Å². The first kappa shape index (κ1) is 17.3. The predicted octanol–water partition coefficient (Wildman–Crippen LogP) is 3.12. The number of allylic oxidation sites excluding steroid dienone is 2. The summed E-state index contributed by atoms with van der Waals surface area (Å²) in [7, 11) is 0. The van der Waals surface area contributed by atoms with Crippen LogP contribution in [0.3, 0.4) is 0 Å². The number of carboxylic acid groups (broad SMARTS) is 1. The van der Waals surface area contributed by atoms with Gasteiger partial charge in [-0.25, -0.2) is 0 Å². The maximum absolute atomic E-state index is 12.8. The first-order valence-corrected chi connectivity index (χ1v) is 8.95. The Morgan fingerprint density at radius 3 is 2.70 bits per heavy atom. The van der Waals surface area contributed by atoms with Crippen LogP contribution < -0.4 is 10.1 Å². The maximum Gasteiger partial charge on any atom is 0.307 e. The Morgan fingerprint density at radius 1 is 1.15 bits per heavy atom. The Bertz CT molecular complexity index is 881. The number of ether oxygens (including phenoxy) is 1. The number of amides is 1. The van der Waals surface area contributed by atoms with Crippen molar-refractivity contribution in [3.05, 3.63) is 66.5 Å². The number of carbonyl (C=O) groups excluding carboxylic acids is 1. The molecule has 0 unspecified atom stereocenters. The van der Waals surface area contributed by atoms with Gasteiger partial charge in [-0.15, -0.1) is 0 Å². The Hall–Kier alpha value is -3.15. The zero-order chi connectivity index (χ0) is 18.8. The van der Waals surface area contributed by atoms with Gasteiger partial charge in [-0.05, 0) is 36.5 Å². The highest BCUT2D eigenvalue weighted by Crippen LogP contribution is 2.48. The van der Waals surface area contributed by atoms with E-state index in [1.807, 2.05) is 30.4 Å². The minimum absolute atomic E-state index is 0.00103. The highest BCUT2D eigenvalue weighted by atomic mass is 16.5. The molecule has 1 fully saturated rings. The lowest BCUT2D eigenvalue weighted by atomic mass is 9.82. The second kappa shape index (κ2) is 7.23. The molecule has 2 aliphatic rings. The number of hydrogen-bond donors (Lipinski definition) is 2. The van der Waals surface area contributed by atoms with Crippen LogP contribution in [0.15, 0.2) is 60.9 Å². The van der Waals surface area contributed by atoms with Crippen LogP contribution in [0.25, 0.3) is 0 Å². The van der Waals surface area contributed by atoms with Crippen molar-refractivity contribution in [3.8, 4) is 5.75 Å². The van der Waals surface area contributed by atoms with Gasteiger partial charge in [0.2, 0.25) is 5.91 Å². The zero-order valence-corrected chi connectivity index (χ0v) is 14.6. The third-order valence-corrected chi connectivity index (χ3v) is 5.28. The second-order valence-electron chi connectivity index (χ2n) is 7.01. The highest BCUT2D eigenvalue weighted by Gasteiger charge is 2.51. The number of carboxylic acids is 1. The first-order chi connectivity index (χ1) is 13.1. The molecule has 1 aromatic heterocycles. The van der Waals surface area contributed by atoms with Crippen molar-refractivity contribution in [2.45, 2.75) is 13.0 Å². The Kier molecular flexibility index (Phi) is 4.62. The number of hydrogen-bond acceptors (Lipinski definition) is 4. The molecular weight excluding hydrogens is 344 g/mol. The number of nitrogens with one attached hydrogen (secondary N) is 1. The fourth-order valence-electron chi connectivity index (χ4n) is 4.06. The lowest BCUT2D eigenvalue weighted by Crippen LogP contribution is -2.36. The molecule has 1 saturated carbocycles. The summed E-state index contributed by atoms with van der Waals surface area (Å²) in [6.07, 6.45) is 8.08. The highest BCUT2D eigenvalue weighted by molar-refractivity contribution is 5.96. The lowest BCUT2D eigenvalue weighted by molar-refractivity contribution is -0.146. The Morgan fingerprint density at radius 2 is 1.96 bits per heavy atom. The van der Waals surface area contributed by atoms with Crippen LogP contribution >= 0.6 is 0 Å². The van der Waals surface area contributed by atoms with E-state index >= 15 is 0 Å². The number of benzene rings is 1. The van der Waals surface area contributed by atoms with Crippen LogP contribution in [-0.4, -0.2) is 22.0 Å². The van der Waals surface area contributed by atoms with Gasteiger partial charge in [-0.1, -0.05) is 24.3 Å². The Labute approximate surface area is 156 Å². The normalized spacial score (nSPS) is 25.3. The van der Waals surface area contributed by atoms with E-state index in [0.29, 0.717) is 18.0 Å². The summed E-state index contributed by atoms with van der Waals surface area (Å²) in [5.41, 5.74) is 1.55. The van der Waals surface area contributed by atoms with Gasteiger partial charge in [0.25, 0.3) is 0 Å². The predicted molar refractivity (Wildman–Crippen MR) is 99.0 cm³/mol. The van der Waals surface area contributed by atoms with E-state index in [9.17, 15) is 14.7 Å². The molecule has 0 saturated heterocycles. The summed E-state index contributed by atoms with van der Waals surface area (Å²) in [6.45, 7) is 0.378. The standard InChI is InChI=1S/C21H20N2O4/c24-20(18-14-6-7-15(9-14)19(18)21(25)26)23-16-4-1-5-17(10-16)27-12-13-3-2-8-22-11-13/h1-8,10-11,14-15,18-19H,9,12H2,(H,23,24)(H,25,26)/t14-,15-,18-,19+/m0/s1. The molecule has 0 aliphatic heterocycles. The number of pyridine rings is 1. The fourth-order valence-corrected chi connectivity index (χ4v) is 4.06. The molecule has 0 spiro atoms. The van der Waals surface area contributed by atoms with Gasteiger partial charge in [0.1, 0.15) is 12.4 Å². The number of anilines is 1. The summed E-state index contributed by atoms with van der Waals surface area (Å²) < 4.78 is 5.75. The third-order valence-electron chi connectivity index (χ3n) is 5.28. The second-order valence-corrected chi connectivity index (χ2v) is 7.01. The lowest BCUT2D eigenvalue weighted by Gasteiger charge is -2.24. The van der Waals surface area contributed by atoms with Crippen molar-refractivity contribution in [2.24, 2.45) is 23.7 Å². The van der Waals surface area contributed by atoms with Gasteiger partial charge in [-0.2, -0.15) is 0 Å². The monoisotopic (exact) mass is 364 g/mol. The van der Waals surface area contributed by atoms with Crippen molar-refractivity contribution in [1.29, 1.82) is 0 Å². The molecule has 1 heterocycles. The average Bonchev–Trinajstić information content (AvgIpc) is 3.29. The van der Waals surface area contributed by atoms with Crippen molar-refractivity contribution in [2.75, 3.05) is 5.32 Å². The molecule has 2 aromatic rings. The van der Waals surface area contributed by atoms with Crippen LogP contribution in [0.2, 0.25) is 0 Å². The quantitative estimate of drug-likeness (QED) is 0.769. The summed E-state index contributed by atoms with van der Waals surface area (Å²) in [5, 5.41) is 12.4. The van der Waals surface area contributed by atoms with E-state index in [4.69, 9.17) is 4.74 Å². The van der Waals surface area contributed by atoms with Gasteiger partial charge < -0.3 is 15.2 Å². The molecule has 4 rings (SSSR count). The minimum Gasteiger partial charge on any atom is -0.489 e. The van der Waals surface area contributed by atoms with E-state index in [0.717, 1.165) is 12.0 Å². The van der Waals surface area contributed by atoms with Crippen molar-refractivity contribution < 1.29 is 19.4 Å². The molecule has 27 heavy (non-hydrogen) atoms. The van der Waals surface area contributed by atoms with Crippen LogP contribution in [0.4, 0.5) is 5.69 Å². The smallest absolute Gasteiger partial charge is 0.307 e. The summed E-state index contributed by atoms with van der Waals surface area (Å²) in [6, 6.07) is 10.9. The molecule has 2 bridgehead atoms. The number of carbonyl (C=O) groups is 2. The van der Waals surface area contributed by atoms with E-state index in [1.165, 1.54) is 0 Å². The van der Waals surface area contributed by atoms with E-state index in [-0.39, 0.29) is 17.7 Å². The molecular formula is C21H20N2O4. The fraction of sp³-hybridized carbons (Fsp3) is 0.286. The van der Waals surface area contributed by atoms with Crippen molar-refractivity contribution >= 4 is 17.6 Å². The number of aromatic nitrogens is 1. The summed E-state index contributed by atoms with van der Waals surface area (Å²) in [5.74, 6) is -1.75. The van der Waals surface area contributed by atoms with Crippen molar-refractivity contribution in [1.82, 2.24) is 4.98 Å². The maximum atomic E-state index is 12.8. The van der Waals surface area contributed by atoms with Gasteiger partial charge in [0.15, 0.2) is 0 Å². The van der Waals surface area contributed by atoms with Crippen LogP contribution in [-0.2, 0) is 16.2 Å². The Balaban J connectivity index is 1.43. The van der Waals surface area contributed by atoms with E-state index in [1.54, 1.807) is 30.6 Å². The molecule has 1 amide bonds. The molecule has 2 N–H and O–H groups in total. The number of fused-ring (bicyclic) bond motifs is 2. The molecule has 2 aliphatic carbocycles. The van der Waals surface area contributed by atoms with Gasteiger partial charge in [-0.3, -0.25) is 14.6 Å². The molecule has 1 aromatic carbocycles. The first-order valence-electron chi connectivity index (χ1n) is 8.95. The third kappa shape index (κ3) is 3.56. The molecule has 138 valence electrons. The number of aliphatic carboxylic acids is 1.